The van der Waals surface area contributed by atoms with Crippen LogP contribution in [0.15, 0.2) is 172 Å². The monoisotopic (exact) mass is 593 g/mol. The molecule has 0 spiro atoms. The molecule has 0 aliphatic heterocycles. The summed E-state index contributed by atoms with van der Waals surface area (Å²) in [5.74, 6) is 0. The lowest BCUT2D eigenvalue weighted by Gasteiger charge is -2.11. The third kappa shape index (κ3) is 4.77. The zero-order valence-electron chi connectivity index (χ0n) is 38.7. The predicted octanol–water partition coefficient (Wildman–Crippen LogP) is 12.5. The molecule has 0 amide bonds. The Kier molecular flexibility index (Phi) is 3.84. The second kappa shape index (κ2) is 11.3. The highest BCUT2D eigenvalue weighted by Crippen LogP contribution is 2.42. The normalized spacial score (nSPS) is 15.9. The summed E-state index contributed by atoms with van der Waals surface area (Å²) in [6.45, 7) is 1.85. The summed E-state index contributed by atoms with van der Waals surface area (Å²) in [5.41, 5.74) is 3.28. The summed E-state index contributed by atoms with van der Waals surface area (Å²) in [6.07, 6.45) is 0. The smallest absolute Gasteiger partial charge is 0.143 e. The molecule has 0 bridgehead atoms. The number of furan rings is 2. The molecule has 2 nitrogen and oxygen atoms in total. The molecule has 45 heavy (non-hydrogen) atoms. The van der Waals surface area contributed by atoms with E-state index in [0.717, 1.165) is 21.7 Å². The fraction of sp³-hybridized carbons (Fsp3) is 0.0233. The predicted molar refractivity (Wildman–Crippen MR) is 188 cm³/mol. The quantitative estimate of drug-likeness (QED) is 0.204. The Hall–Kier alpha value is -5.86. The van der Waals surface area contributed by atoms with Crippen molar-refractivity contribution in [2.24, 2.45) is 0 Å². The average Bonchev–Trinajstić information content (AvgIpc) is 3.82. The number of hydrogen-bond acceptors (Lipinski definition) is 2. The number of fused-ring (bicyclic) bond motifs is 6. The number of benzene rings is 7. The van der Waals surface area contributed by atoms with Gasteiger partial charge in [0.15, 0.2) is 0 Å². The molecule has 0 saturated heterocycles. The van der Waals surface area contributed by atoms with Gasteiger partial charge >= 0.3 is 0 Å². The van der Waals surface area contributed by atoms with Crippen LogP contribution in [-0.2, 0) is 0 Å². The van der Waals surface area contributed by atoms with Gasteiger partial charge in [-0.1, -0.05) is 145 Å². The van der Waals surface area contributed by atoms with Gasteiger partial charge in [-0.15, -0.1) is 0 Å². The van der Waals surface area contributed by atoms with Crippen LogP contribution in [0.1, 0.15) is 26.1 Å². The zero-order valence-corrected chi connectivity index (χ0v) is 23.7. The van der Waals surface area contributed by atoms with Gasteiger partial charge in [-0.2, -0.15) is 0 Å². The molecule has 7 aromatic carbocycles. The number of hydrogen-bond donors (Lipinski definition) is 0. The van der Waals surface area contributed by atoms with E-state index in [2.05, 4.69) is 0 Å². The van der Waals surface area contributed by atoms with E-state index in [1.165, 1.54) is 6.07 Å². The van der Waals surface area contributed by atoms with Gasteiger partial charge in [-0.25, -0.2) is 0 Å². The molecule has 0 N–H and O–H groups in total. The van der Waals surface area contributed by atoms with E-state index >= 15 is 0 Å². The second-order valence-corrected chi connectivity index (χ2v) is 10.2. The van der Waals surface area contributed by atoms with E-state index in [-0.39, 0.29) is 57.6 Å². The Morgan fingerprint density at radius 2 is 0.867 bits per heavy atom. The fourth-order valence-corrected chi connectivity index (χ4v) is 5.58. The van der Waals surface area contributed by atoms with Crippen molar-refractivity contribution in [3.8, 4) is 33.4 Å². The molecule has 0 fully saturated rings. The molecule has 2 heteroatoms. The zero-order chi connectivity index (χ0) is 43.2. The van der Waals surface area contributed by atoms with Crippen molar-refractivity contribution in [1.82, 2.24) is 0 Å². The maximum Gasteiger partial charge on any atom is 0.143 e. The van der Waals surface area contributed by atoms with E-state index in [9.17, 15) is 0 Å². The number of para-hydroxylation sites is 2. The Morgan fingerprint density at radius 3 is 1.42 bits per heavy atom. The Balaban J connectivity index is 0.000000176. The van der Waals surface area contributed by atoms with Gasteiger partial charge in [-0.05, 0) is 52.9 Å². The summed E-state index contributed by atoms with van der Waals surface area (Å²) < 4.78 is 135. The van der Waals surface area contributed by atoms with E-state index in [1.54, 1.807) is 18.2 Å². The first-order chi connectivity index (χ1) is 28.5. The van der Waals surface area contributed by atoms with Crippen LogP contribution >= 0.6 is 0 Å². The highest BCUT2D eigenvalue weighted by Gasteiger charge is 2.17. The minimum Gasteiger partial charge on any atom is -0.455 e. The topological polar surface area (TPSA) is 26.3 Å². The molecule has 0 saturated carbocycles. The Morgan fingerprint density at radius 1 is 0.422 bits per heavy atom. The van der Waals surface area contributed by atoms with Gasteiger partial charge in [0.25, 0.3) is 0 Å². The van der Waals surface area contributed by atoms with Crippen molar-refractivity contribution >= 4 is 43.9 Å². The molecule has 0 unspecified atom stereocenters. The summed E-state index contributed by atoms with van der Waals surface area (Å²) in [7, 11) is 0. The minimum atomic E-state index is -0.565. The van der Waals surface area contributed by atoms with Crippen molar-refractivity contribution in [3.63, 3.8) is 0 Å². The van der Waals surface area contributed by atoms with Crippen molar-refractivity contribution in [1.29, 1.82) is 0 Å². The first-order valence-corrected chi connectivity index (χ1v) is 14.0. The third-order valence-electron chi connectivity index (χ3n) is 7.57. The standard InChI is InChI=1S/C24H16O.C19H14O/c1-3-9-17(10-4-1)19-15-16-21-20-13-7-8-14-22(20)25-24(21)23(19)18-11-5-2-6-12-18;1-13-11-12-16-15-9-5-6-10-17(15)20-19(16)18(13)14-7-3-2-4-8-14/h1-16H;2-12H,1H3/i1D,2D,3D,4D,5D,6D,9D,10D,11D,12D;2D,3D,4D,7D,8D. The summed E-state index contributed by atoms with van der Waals surface area (Å²) in [5, 5.41) is 3.12. The van der Waals surface area contributed by atoms with Crippen molar-refractivity contribution < 1.29 is 29.4 Å². The SMILES string of the molecule is [2H]c1c([2H])c([2H])c(-c2c(C)ccc3c2oc2ccccc23)c([2H])c1[2H].[2H]c1c([2H])c([2H])c(-c2ccc3c(oc4ccccc43)c2-c2c([2H])c([2H])c([2H])c([2H])c2[2H])c([2H])c1[2H]. The van der Waals surface area contributed by atoms with Gasteiger partial charge in [0.1, 0.15) is 22.3 Å². The van der Waals surface area contributed by atoms with E-state index in [1.807, 2.05) is 55.5 Å². The molecule has 2 heterocycles. The van der Waals surface area contributed by atoms with Crippen LogP contribution in [0.3, 0.4) is 0 Å². The lowest BCUT2D eigenvalue weighted by atomic mass is 9.92. The van der Waals surface area contributed by atoms with Crippen LogP contribution in [0.2, 0.25) is 0 Å². The molecule has 0 atom stereocenters. The Labute approximate surface area is 282 Å². The fourth-order valence-electron chi connectivity index (χ4n) is 5.58. The van der Waals surface area contributed by atoms with Crippen molar-refractivity contribution in [3.05, 3.63) is 169 Å². The van der Waals surface area contributed by atoms with E-state index < -0.39 is 66.5 Å². The molecule has 9 aromatic rings. The van der Waals surface area contributed by atoms with Crippen molar-refractivity contribution in [2.75, 3.05) is 0 Å². The maximum atomic E-state index is 8.56. The molecule has 9 rings (SSSR count). The summed E-state index contributed by atoms with van der Waals surface area (Å²) in [6, 6.07) is 15.0. The summed E-state index contributed by atoms with van der Waals surface area (Å²) >= 11 is 0. The first-order valence-electron chi connectivity index (χ1n) is 21.5. The Bertz CT molecular complexity index is 3210. The average molecular weight is 594 g/mol. The molecule has 0 radical (unpaired) electrons. The van der Waals surface area contributed by atoms with Gasteiger partial charge in [0, 0.05) is 32.7 Å². The molecular weight excluding hydrogens is 548 g/mol. The van der Waals surface area contributed by atoms with Crippen LogP contribution < -0.4 is 0 Å². The van der Waals surface area contributed by atoms with Gasteiger partial charge in [0.2, 0.25) is 0 Å². The molecular formula is C43H30O2. The minimum absolute atomic E-state index is 0.0641. The second-order valence-electron chi connectivity index (χ2n) is 10.2. The van der Waals surface area contributed by atoms with E-state index in [0.29, 0.717) is 27.7 Å². The van der Waals surface area contributed by atoms with Gasteiger partial charge in [0.05, 0.1) is 20.6 Å². The molecule has 0 aliphatic carbocycles. The highest BCUT2D eigenvalue weighted by atomic mass is 16.3. The van der Waals surface area contributed by atoms with Gasteiger partial charge in [-0.3, -0.25) is 0 Å². The van der Waals surface area contributed by atoms with E-state index in [4.69, 9.17) is 29.4 Å². The highest BCUT2D eigenvalue weighted by molar-refractivity contribution is 6.13. The largest absolute Gasteiger partial charge is 0.455 e. The molecule has 214 valence electrons. The number of aryl methyl sites for hydroxylation is 1. The van der Waals surface area contributed by atoms with Crippen LogP contribution in [-0.4, -0.2) is 0 Å². The summed E-state index contributed by atoms with van der Waals surface area (Å²) in [4.78, 5) is 0. The van der Waals surface area contributed by atoms with Crippen LogP contribution in [0.25, 0.3) is 77.3 Å². The lowest BCUT2D eigenvalue weighted by molar-refractivity contribution is 0.669. The maximum absolute atomic E-state index is 8.56. The molecule has 2 aromatic heterocycles. The van der Waals surface area contributed by atoms with Crippen LogP contribution in [0.5, 0.6) is 0 Å². The third-order valence-corrected chi connectivity index (χ3v) is 7.57. The van der Waals surface area contributed by atoms with Gasteiger partial charge < -0.3 is 8.83 Å². The van der Waals surface area contributed by atoms with Crippen molar-refractivity contribution in [2.45, 2.75) is 6.92 Å². The van der Waals surface area contributed by atoms with Crippen LogP contribution in [0.4, 0.5) is 0 Å². The molecule has 0 aliphatic rings. The number of rotatable bonds is 3. The van der Waals surface area contributed by atoms with Crippen LogP contribution in [0, 0.1) is 6.92 Å². The first kappa shape index (κ1) is 15.2. The lowest BCUT2D eigenvalue weighted by Crippen LogP contribution is -1.86.